The molecule has 0 radical (unpaired) electrons. The van der Waals surface area contributed by atoms with E-state index in [1.165, 1.54) is 68.8 Å². The van der Waals surface area contributed by atoms with Gasteiger partial charge in [-0.1, -0.05) is 141 Å². The molecule has 0 bridgehead atoms. The van der Waals surface area contributed by atoms with Crippen molar-refractivity contribution in [1.29, 1.82) is 0 Å². The fraction of sp³-hybridized carbons (Fsp3) is 0.250. The first-order valence-corrected chi connectivity index (χ1v) is 22.4. The zero-order chi connectivity index (χ0) is 25.8. The van der Waals surface area contributed by atoms with Crippen molar-refractivity contribution in [3.05, 3.63) is 85.0 Å². The van der Waals surface area contributed by atoms with Crippen LogP contribution >= 0.6 is 149 Å². The van der Waals surface area contributed by atoms with Gasteiger partial charge in [-0.2, -0.15) is 0 Å². The van der Waals surface area contributed by atoms with E-state index in [9.17, 15) is 0 Å². The topological polar surface area (TPSA) is 0 Å². The van der Waals surface area contributed by atoms with Crippen LogP contribution in [0.1, 0.15) is 41.5 Å². The maximum Gasteiger partial charge on any atom is 0.0701 e. The van der Waals surface area contributed by atoms with Crippen molar-refractivity contribution < 1.29 is 0 Å². The van der Waals surface area contributed by atoms with E-state index < -0.39 is 7.92 Å². The Balaban J connectivity index is 1.26. The highest BCUT2D eigenvalue weighted by molar-refractivity contribution is 8.41. The summed E-state index contributed by atoms with van der Waals surface area (Å²) in [5, 5.41) is 7.38. The van der Waals surface area contributed by atoms with Crippen molar-refractivity contribution in [1.82, 2.24) is 0 Å². The minimum atomic E-state index is -0.543. The maximum atomic E-state index is 2.46. The molecule has 0 fully saturated rings. The quantitative estimate of drug-likeness (QED) is 0.254. The van der Waals surface area contributed by atoms with E-state index in [1.54, 1.807) is 0 Å². The number of hydrogen-bond acceptors (Lipinski definition) is 12. The molecule has 0 unspecified atom stereocenters. The summed E-state index contributed by atoms with van der Waals surface area (Å²) in [6, 6.07) is 0. The molecule has 0 aromatic rings. The van der Waals surface area contributed by atoms with Crippen molar-refractivity contribution in [2.24, 2.45) is 0 Å². The van der Waals surface area contributed by atoms with Gasteiger partial charge in [0, 0.05) is 21.9 Å². The monoisotopic (exact) mass is 724 g/mol. The van der Waals surface area contributed by atoms with Crippen LogP contribution in [-0.4, -0.2) is 0 Å². The predicted molar refractivity (Wildman–Crippen MR) is 198 cm³/mol. The number of thioether (sulfide) groups is 12. The molecular weight excluding hydrogens is 704 g/mol. The van der Waals surface area contributed by atoms with Gasteiger partial charge in [-0.3, -0.25) is 0 Å². The highest BCUT2D eigenvalue weighted by atomic mass is 32.2. The summed E-state index contributed by atoms with van der Waals surface area (Å²) in [6.07, 6.45) is 0. The Morgan fingerprint density at radius 3 is 0.838 bits per heavy atom. The number of allylic oxidation sites excluding steroid dienone is 6. The molecule has 0 nitrogen and oxygen atoms in total. The summed E-state index contributed by atoms with van der Waals surface area (Å²) in [6.45, 7) is 13.5. The Bertz CT molecular complexity index is 1170. The molecule has 0 aromatic carbocycles. The lowest BCUT2D eigenvalue weighted by Gasteiger charge is -2.20. The largest absolute Gasteiger partial charge is 0.0877 e. The zero-order valence-electron chi connectivity index (χ0n) is 20.6. The van der Waals surface area contributed by atoms with Crippen molar-refractivity contribution in [3.8, 4) is 0 Å². The summed E-state index contributed by atoms with van der Waals surface area (Å²) in [5.41, 5.74) is 0. The van der Waals surface area contributed by atoms with E-state index in [-0.39, 0.29) is 0 Å². The van der Waals surface area contributed by atoms with E-state index in [0.29, 0.717) is 0 Å². The van der Waals surface area contributed by atoms with E-state index in [1.807, 2.05) is 141 Å². The first-order chi connectivity index (χ1) is 17.8. The van der Waals surface area contributed by atoms with Crippen LogP contribution in [-0.2, 0) is 0 Å². The third-order valence-electron chi connectivity index (χ3n) is 5.52. The SMILES string of the molecule is CC1=C(C)SC(=C2SC=C(P(C3=CSC(=C4SC(C)=C(C)S4)S3)C3=CSC(=C4SC(C)=C(C)S4)S3)S2)S1. The van der Waals surface area contributed by atoms with Crippen LogP contribution in [0.2, 0.25) is 0 Å². The van der Waals surface area contributed by atoms with Gasteiger partial charge in [-0.15, -0.1) is 0 Å². The highest BCUT2D eigenvalue weighted by Crippen LogP contribution is 2.79. The molecule has 0 saturated carbocycles. The molecule has 6 rings (SSSR count). The average Bonchev–Trinajstić information content (AvgIpc) is 3.68. The summed E-state index contributed by atoms with van der Waals surface area (Å²) >= 11 is 23.6. The first kappa shape index (κ1) is 29.4. The van der Waals surface area contributed by atoms with Crippen LogP contribution in [0.15, 0.2) is 85.0 Å². The smallest absolute Gasteiger partial charge is 0.0701 e. The molecule has 0 saturated heterocycles. The second-order valence-electron chi connectivity index (χ2n) is 8.04. The zero-order valence-corrected chi connectivity index (χ0v) is 31.3. The molecule has 13 heteroatoms. The highest BCUT2D eigenvalue weighted by Gasteiger charge is 2.37. The first-order valence-electron chi connectivity index (χ1n) is 11.0. The van der Waals surface area contributed by atoms with Gasteiger partial charge in [-0.25, -0.2) is 0 Å². The lowest BCUT2D eigenvalue weighted by molar-refractivity contribution is 1.57. The number of rotatable bonds is 3. The predicted octanol–water partition coefficient (Wildman–Crippen LogP) is 14.9. The van der Waals surface area contributed by atoms with Gasteiger partial charge in [0.1, 0.15) is 0 Å². The van der Waals surface area contributed by atoms with Gasteiger partial charge in [-0.05, 0) is 87.2 Å². The molecule has 0 N–H and O–H groups in total. The van der Waals surface area contributed by atoms with Gasteiger partial charge in [0.2, 0.25) is 0 Å². The summed E-state index contributed by atoms with van der Waals surface area (Å²) in [7, 11) is -0.543. The van der Waals surface area contributed by atoms with Gasteiger partial charge < -0.3 is 0 Å². The standard InChI is InChI=1S/C24H21PS12/c1-10-11(2)30-22(29-10)19-26-7-16(35-19)25(17-8-27-20(36-17)23-31-12(3)13(4)32-23)18-9-28-21(37-18)24-33-14(5)15(6)34-24/h7-9H,1-6H3. The lowest BCUT2D eigenvalue weighted by atomic mass is 10.6. The molecule has 37 heavy (non-hydrogen) atoms. The lowest BCUT2D eigenvalue weighted by Crippen LogP contribution is -1.80. The van der Waals surface area contributed by atoms with E-state index >= 15 is 0 Å². The molecule has 0 atom stereocenters. The molecule has 0 amide bonds. The van der Waals surface area contributed by atoms with Crippen molar-refractivity contribution in [2.75, 3.05) is 0 Å². The summed E-state index contributed by atoms with van der Waals surface area (Å²) in [4.78, 5) is 8.69. The number of hydrogen-bond donors (Lipinski definition) is 0. The van der Waals surface area contributed by atoms with Crippen LogP contribution < -0.4 is 0 Å². The third kappa shape index (κ3) is 6.32. The Morgan fingerprint density at radius 2 is 0.595 bits per heavy atom. The summed E-state index contributed by atoms with van der Waals surface area (Å²) < 4.78 is 13.4. The van der Waals surface area contributed by atoms with E-state index in [2.05, 4.69) is 57.8 Å². The third-order valence-corrected chi connectivity index (χ3v) is 26.2. The van der Waals surface area contributed by atoms with Crippen LogP contribution in [0.4, 0.5) is 0 Å². The maximum absolute atomic E-state index is 2.46. The Hall–Kier alpha value is 2.29. The minimum Gasteiger partial charge on any atom is -0.0877 e. The van der Waals surface area contributed by atoms with Crippen LogP contribution in [0.5, 0.6) is 0 Å². The van der Waals surface area contributed by atoms with Crippen LogP contribution in [0.25, 0.3) is 0 Å². The fourth-order valence-corrected chi connectivity index (χ4v) is 24.6. The Morgan fingerprint density at radius 1 is 0.351 bits per heavy atom. The van der Waals surface area contributed by atoms with Gasteiger partial charge >= 0.3 is 0 Å². The molecule has 6 aliphatic heterocycles. The van der Waals surface area contributed by atoms with Crippen molar-refractivity contribution in [2.45, 2.75) is 41.5 Å². The Labute approximate surface area is 272 Å². The van der Waals surface area contributed by atoms with Gasteiger partial charge in [0.25, 0.3) is 0 Å². The second-order valence-corrected chi connectivity index (χ2v) is 25.8. The summed E-state index contributed by atoms with van der Waals surface area (Å²) in [5.74, 6) is 0. The van der Waals surface area contributed by atoms with E-state index in [0.717, 1.165) is 0 Å². The molecule has 0 spiro atoms. The second kappa shape index (κ2) is 12.5. The molecule has 0 aliphatic carbocycles. The fourth-order valence-electron chi connectivity index (χ4n) is 3.21. The van der Waals surface area contributed by atoms with Gasteiger partial charge in [0.05, 0.1) is 25.4 Å². The van der Waals surface area contributed by atoms with E-state index in [4.69, 9.17) is 0 Å². The van der Waals surface area contributed by atoms with Crippen LogP contribution in [0, 0.1) is 0 Å². The Kier molecular flexibility index (Phi) is 9.91. The normalized spacial score (nSPS) is 24.9. The molecule has 6 aliphatic rings. The molecule has 0 aromatic heterocycles. The average molecular weight is 725 g/mol. The minimum absolute atomic E-state index is 0.543. The van der Waals surface area contributed by atoms with Crippen LogP contribution in [0.3, 0.4) is 0 Å². The molecular formula is C24H21PS12. The van der Waals surface area contributed by atoms with Crippen molar-refractivity contribution in [3.63, 3.8) is 0 Å². The molecule has 6 heterocycles. The van der Waals surface area contributed by atoms with Gasteiger partial charge in [0.15, 0.2) is 0 Å². The molecule has 194 valence electrons. The van der Waals surface area contributed by atoms with Crippen molar-refractivity contribution >= 4 is 149 Å².